The molecule has 5 rings (SSSR count). The molecule has 2 N–H and O–H groups in total. The maximum absolute atomic E-state index is 13.2. The van der Waals surface area contributed by atoms with Crippen molar-refractivity contribution in [2.75, 3.05) is 31.6 Å². The molecule has 0 saturated heterocycles. The molecule has 0 atom stereocenters. The molecule has 39 heavy (non-hydrogen) atoms. The topological polar surface area (TPSA) is 122 Å². The van der Waals surface area contributed by atoms with Crippen LogP contribution in [0.5, 0.6) is 5.75 Å². The Morgan fingerprint density at radius 1 is 1.13 bits per heavy atom. The molecule has 0 aliphatic heterocycles. The van der Waals surface area contributed by atoms with E-state index in [4.69, 9.17) is 14.7 Å². The van der Waals surface area contributed by atoms with Crippen molar-refractivity contribution in [1.29, 1.82) is 0 Å². The van der Waals surface area contributed by atoms with Gasteiger partial charge in [0.25, 0.3) is 0 Å². The summed E-state index contributed by atoms with van der Waals surface area (Å²) in [6.45, 7) is 4.72. The Kier molecular flexibility index (Phi) is 7.72. The van der Waals surface area contributed by atoms with E-state index in [0.29, 0.717) is 35.9 Å². The van der Waals surface area contributed by atoms with Crippen LogP contribution in [0.1, 0.15) is 50.0 Å². The average molecular weight is 551 g/mol. The van der Waals surface area contributed by atoms with Gasteiger partial charge in [-0.2, -0.15) is 0 Å². The van der Waals surface area contributed by atoms with E-state index in [0.717, 1.165) is 37.1 Å². The number of rotatable bonds is 10. The van der Waals surface area contributed by atoms with Gasteiger partial charge in [0.1, 0.15) is 17.4 Å². The van der Waals surface area contributed by atoms with Gasteiger partial charge in [-0.15, -0.1) is 0 Å². The molecule has 1 saturated carbocycles. The van der Waals surface area contributed by atoms with E-state index in [1.54, 1.807) is 13.0 Å². The molecule has 10 nitrogen and oxygen atoms in total. The van der Waals surface area contributed by atoms with Crippen molar-refractivity contribution in [3.8, 4) is 17.1 Å². The Labute approximate surface area is 228 Å². The van der Waals surface area contributed by atoms with E-state index in [-0.39, 0.29) is 28.9 Å². The Morgan fingerprint density at radius 2 is 1.87 bits per heavy atom. The summed E-state index contributed by atoms with van der Waals surface area (Å²) in [6, 6.07) is 14.4. The van der Waals surface area contributed by atoms with Crippen molar-refractivity contribution in [2.24, 2.45) is 0 Å². The molecule has 0 unspecified atom stereocenters. The Morgan fingerprint density at radius 3 is 2.59 bits per heavy atom. The maximum Gasteiger partial charge on any atom is 0.334 e. The van der Waals surface area contributed by atoms with Gasteiger partial charge in [0.15, 0.2) is 5.65 Å². The maximum atomic E-state index is 13.2. The van der Waals surface area contributed by atoms with Gasteiger partial charge in [-0.3, -0.25) is 4.98 Å². The van der Waals surface area contributed by atoms with Crippen molar-refractivity contribution >= 4 is 21.4 Å². The number of hydrogen-bond donors (Lipinski definition) is 2. The minimum Gasteiger partial charge on any atom is -0.493 e. The predicted molar refractivity (Wildman–Crippen MR) is 151 cm³/mol. The van der Waals surface area contributed by atoms with Gasteiger partial charge in [0, 0.05) is 31.7 Å². The minimum atomic E-state index is -3.84. The van der Waals surface area contributed by atoms with Crippen LogP contribution in [0.15, 0.2) is 58.2 Å². The lowest BCUT2D eigenvalue weighted by Crippen LogP contribution is -2.33. The van der Waals surface area contributed by atoms with E-state index in [2.05, 4.69) is 9.71 Å². The van der Waals surface area contributed by atoms with E-state index >= 15 is 0 Å². The number of aromatic amines is 1. The summed E-state index contributed by atoms with van der Waals surface area (Å²) in [5.41, 5.74) is 2.36. The molecule has 0 amide bonds. The first kappa shape index (κ1) is 26.9. The van der Waals surface area contributed by atoms with Crippen LogP contribution in [0.2, 0.25) is 0 Å². The molecule has 1 aliphatic rings. The Bertz CT molecular complexity index is 1630. The molecule has 0 bridgehead atoms. The van der Waals surface area contributed by atoms with Gasteiger partial charge in [0.2, 0.25) is 10.0 Å². The number of fused-ring (bicyclic) bond motifs is 1. The number of para-hydroxylation sites is 1. The van der Waals surface area contributed by atoms with Crippen LogP contribution in [0.25, 0.3) is 17.0 Å². The second-order valence-corrected chi connectivity index (χ2v) is 11.6. The van der Waals surface area contributed by atoms with Crippen LogP contribution in [0, 0.1) is 6.92 Å². The molecule has 0 radical (unpaired) electrons. The lowest BCUT2D eigenvalue weighted by molar-refractivity contribution is 0.341. The number of sulfonamides is 1. The van der Waals surface area contributed by atoms with Gasteiger partial charge >= 0.3 is 5.69 Å². The summed E-state index contributed by atoms with van der Waals surface area (Å²) in [4.78, 5) is 27.5. The molecule has 1 aliphatic carbocycles. The first-order valence-electron chi connectivity index (χ1n) is 13.3. The monoisotopic (exact) mass is 550 g/mol. The molecule has 4 aromatic rings. The zero-order valence-electron chi connectivity index (χ0n) is 22.5. The van der Waals surface area contributed by atoms with Gasteiger partial charge < -0.3 is 9.64 Å². The zero-order chi connectivity index (χ0) is 27.6. The molecule has 2 aromatic carbocycles. The van der Waals surface area contributed by atoms with Crippen LogP contribution in [-0.4, -0.2) is 54.5 Å². The molecule has 0 spiro atoms. The summed E-state index contributed by atoms with van der Waals surface area (Å²) in [7, 11) is -1.93. The summed E-state index contributed by atoms with van der Waals surface area (Å²) >= 11 is 0. The third kappa shape index (κ3) is 5.55. The number of benzene rings is 2. The van der Waals surface area contributed by atoms with Crippen LogP contribution < -0.4 is 20.0 Å². The number of aryl methyl sites for hydroxylation is 1. The predicted octanol–water partition coefficient (Wildman–Crippen LogP) is 3.86. The third-order valence-corrected chi connectivity index (χ3v) is 8.65. The van der Waals surface area contributed by atoms with Crippen molar-refractivity contribution < 1.29 is 13.2 Å². The SMILES string of the molecule is CCOc1ccc(S(=O)(=O)NCCN(C)c2ccccc2)cc1-c1nc2c(C3CCCC3)nc(C)n2c(=O)[nH]1. The first-order valence-corrected chi connectivity index (χ1v) is 14.8. The van der Waals surface area contributed by atoms with Crippen molar-refractivity contribution in [1.82, 2.24) is 24.1 Å². The normalized spacial score (nSPS) is 14.2. The molecular formula is C28H34N6O4S. The number of imidazole rings is 1. The third-order valence-electron chi connectivity index (χ3n) is 7.19. The molecule has 11 heteroatoms. The summed E-state index contributed by atoms with van der Waals surface area (Å²) in [5.74, 6) is 1.52. The zero-order valence-corrected chi connectivity index (χ0v) is 23.3. The highest BCUT2D eigenvalue weighted by atomic mass is 32.2. The minimum absolute atomic E-state index is 0.0616. The second kappa shape index (κ2) is 11.2. The van der Waals surface area contributed by atoms with Gasteiger partial charge in [-0.25, -0.2) is 32.3 Å². The number of ether oxygens (including phenoxy) is 1. The van der Waals surface area contributed by atoms with Gasteiger partial charge in [-0.1, -0.05) is 31.0 Å². The van der Waals surface area contributed by atoms with Crippen LogP contribution in [0.4, 0.5) is 5.69 Å². The second-order valence-electron chi connectivity index (χ2n) is 9.82. The smallest absolute Gasteiger partial charge is 0.334 e. The number of hydrogen-bond acceptors (Lipinski definition) is 7. The summed E-state index contributed by atoms with van der Waals surface area (Å²) < 4.78 is 36.4. The number of nitrogens with one attached hydrogen (secondary N) is 2. The Hall–Kier alpha value is -3.70. The summed E-state index contributed by atoms with van der Waals surface area (Å²) in [6.07, 6.45) is 4.28. The average Bonchev–Trinajstić information content (AvgIpc) is 3.57. The molecule has 1 fully saturated rings. The highest BCUT2D eigenvalue weighted by Gasteiger charge is 2.26. The quantitative estimate of drug-likeness (QED) is 0.307. The Balaban J connectivity index is 1.47. The van der Waals surface area contributed by atoms with Crippen LogP contribution in [0.3, 0.4) is 0 Å². The van der Waals surface area contributed by atoms with E-state index in [9.17, 15) is 13.2 Å². The number of H-pyrrole nitrogens is 1. The van der Waals surface area contributed by atoms with E-state index < -0.39 is 10.0 Å². The highest BCUT2D eigenvalue weighted by molar-refractivity contribution is 7.89. The molecule has 2 heterocycles. The molecule has 2 aromatic heterocycles. The molecule has 206 valence electrons. The standard InChI is InChI=1S/C28H34N6O4S/c1-4-38-24-15-14-22(39(36,37)29-16-17-33(3)21-12-6-5-7-13-21)18-23(24)26-31-27-25(20-10-8-9-11-20)30-19(2)34(27)28(35)32-26/h5-7,12-15,18,20,29H,4,8-11,16-17H2,1-3H3,(H,31,32,35). The fraction of sp³-hybridized carbons (Fsp3) is 0.393. The fourth-order valence-corrected chi connectivity index (χ4v) is 6.22. The lowest BCUT2D eigenvalue weighted by Gasteiger charge is -2.19. The number of aromatic nitrogens is 4. The molecular weight excluding hydrogens is 516 g/mol. The number of nitrogens with zero attached hydrogens (tertiary/aromatic N) is 4. The number of anilines is 1. The lowest BCUT2D eigenvalue weighted by atomic mass is 10.0. The summed E-state index contributed by atoms with van der Waals surface area (Å²) in [5, 5.41) is 0. The fourth-order valence-electron chi connectivity index (χ4n) is 5.17. The largest absolute Gasteiger partial charge is 0.493 e. The van der Waals surface area contributed by atoms with Crippen molar-refractivity contribution in [2.45, 2.75) is 50.3 Å². The first-order chi connectivity index (χ1) is 18.8. The van der Waals surface area contributed by atoms with E-state index in [1.165, 1.54) is 16.5 Å². The van der Waals surface area contributed by atoms with E-state index in [1.807, 2.05) is 49.2 Å². The highest BCUT2D eigenvalue weighted by Crippen LogP contribution is 2.36. The number of likely N-dealkylation sites (N-methyl/N-ethyl adjacent to an activating group) is 1. The van der Waals surface area contributed by atoms with Gasteiger partial charge in [-0.05, 0) is 57.0 Å². The van der Waals surface area contributed by atoms with Crippen molar-refractivity contribution in [3.05, 3.63) is 70.5 Å². The van der Waals surface area contributed by atoms with Crippen molar-refractivity contribution in [3.63, 3.8) is 0 Å². The van der Waals surface area contributed by atoms with Crippen LogP contribution in [-0.2, 0) is 10.0 Å². The van der Waals surface area contributed by atoms with Crippen LogP contribution >= 0.6 is 0 Å². The van der Waals surface area contributed by atoms with Gasteiger partial charge in [0.05, 0.1) is 22.8 Å².